The quantitative estimate of drug-likeness (QED) is 0.876. The van der Waals surface area contributed by atoms with E-state index in [2.05, 4.69) is 5.32 Å². The van der Waals surface area contributed by atoms with E-state index in [9.17, 15) is 13.2 Å². The minimum absolute atomic E-state index is 0.0418. The Balaban J connectivity index is 1.46. The molecule has 1 N–H and O–H groups in total. The molecule has 2 fully saturated rings. The van der Waals surface area contributed by atoms with Crippen LogP contribution in [0.25, 0.3) is 0 Å². The maximum Gasteiger partial charge on any atom is 0.224 e. The van der Waals surface area contributed by atoms with Gasteiger partial charge in [-0.25, -0.2) is 12.7 Å². The van der Waals surface area contributed by atoms with E-state index < -0.39 is 10.0 Å². The number of furan rings is 1. The molecule has 7 heteroatoms. The van der Waals surface area contributed by atoms with Gasteiger partial charge in [-0.05, 0) is 37.3 Å². The van der Waals surface area contributed by atoms with Crippen LogP contribution in [0, 0.1) is 0 Å². The Morgan fingerprint density at radius 2 is 2.00 bits per heavy atom. The molecule has 1 saturated heterocycles. The van der Waals surface area contributed by atoms with Gasteiger partial charge in [0.2, 0.25) is 15.9 Å². The van der Waals surface area contributed by atoms with Gasteiger partial charge in [-0.1, -0.05) is 0 Å². The smallest absolute Gasteiger partial charge is 0.224 e. The van der Waals surface area contributed by atoms with Crippen molar-refractivity contribution in [2.24, 2.45) is 0 Å². The molecule has 0 radical (unpaired) electrons. The van der Waals surface area contributed by atoms with Crippen LogP contribution < -0.4 is 5.32 Å². The Morgan fingerprint density at radius 3 is 2.57 bits per heavy atom. The minimum Gasteiger partial charge on any atom is -0.472 e. The van der Waals surface area contributed by atoms with Crippen LogP contribution in [0.4, 0.5) is 0 Å². The number of nitrogens with one attached hydrogen (secondary N) is 1. The second-order valence-corrected chi connectivity index (χ2v) is 8.01. The van der Waals surface area contributed by atoms with Gasteiger partial charge in [0, 0.05) is 19.1 Å². The van der Waals surface area contributed by atoms with Gasteiger partial charge in [-0.3, -0.25) is 4.79 Å². The van der Waals surface area contributed by atoms with Gasteiger partial charge >= 0.3 is 0 Å². The third-order valence-electron chi connectivity index (χ3n) is 4.07. The first-order chi connectivity index (χ1) is 10.1. The normalized spacial score (nSPS) is 21.3. The molecule has 1 amide bonds. The lowest BCUT2D eigenvalue weighted by Crippen LogP contribution is -2.47. The van der Waals surface area contributed by atoms with E-state index in [4.69, 9.17) is 4.42 Å². The van der Waals surface area contributed by atoms with Crippen molar-refractivity contribution in [3.63, 3.8) is 0 Å². The Hall–Kier alpha value is -1.34. The summed E-state index contributed by atoms with van der Waals surface area (Å²) < 4.78 is 30.8. The summed E-state index contributed by atoms with van der Waals surface area (Å²) in [5.41, 5.74) is 0.848. The van der Waals surface area contributed by atoms with Gasteiger partial charge < -0.3 is 9.73 Å². The van der Waals surface area contributed by atoms with E-state index in [1.54, 1.807) is 22.9 Å². The van der Waals surface area contributed by atoms with Crippen LogP contribution in [0.5, 0.6) is 0 Å². The molecule has 116 valence electrons. The van der Waals surface area contributed by atoms with E-state index in [0.29, 0.717) is 32.4 Å². The Kier molecular flexibility index (Phi) is 4.03. The van der Waals surface area contributed by atoms with Crippen LogP contribution in [0.1, 0.15) is 31.2 Å². The number of hydrogen-bond donors (Lipinski definition) is 1. The molecule has 2 aliphatic rings. The van der Waals surface area contributed by atoms with E-state index in [1.165, 1.54) is 0 Å². The lowest BCUT2D eigenvalue weighted by Gasteiger charge is -2.31. The molecule has 1 saturated carbocycles. The zero-order valence-corrected chi connectivity index (χ0v) is 12.6. The summed E-state index contributed by atoms with van der Waals surface area (Å²) in [6.45, 7) is 1.02. The summed E-state index contributed by atoms with van der Waals surface area (Å²) in [5, 5.41) is 2.82. The largest absolute Gasteiger partial charge is 0.472 e. The Bertz CT molecular complexity index is 585. The van der Waals surface area contributed by atoms with Crippen molar-refractivity contribution in [3.05, 3.63) is 24.2 Å². The van der Waals surface area contributed by atoms with E-state index in [-0.39, 0.29) is 17.2 Å². The molecule has 0 atom stereocenters. The molecule has 0 aromatic carbocycles. The van der Waals surface area contributed by atoms with Gasteiger partial charge in [-0.15, -0.1) is 0 Å². The fraction of sp³-hybridized carbons (Fsp3) is 0.643. The van der Waals surface area contributed by atoms with Crippen LogP contribution in [0.2, 0.25) is 0 Å². The molecule has 1 aromatic heterocycles. The van der Waals surface area contributed by atoms with Crippen molar-refractivity contribution in [2.75, 3.05) is 13.1 Å². The summed E-state index contributed by atoms with van der Waals surface area (Å²) in [7, 11) is -3.07. The van der Waals surface area contributed by atoms with Crippen molar-refractivity contribution in [1.29, 1.82) is 0 Å². The number of rotatable bonds is 5. The van der Waals surface area contributed by atoms with Crippen LogP contribution >= 0.6 is 0 Å². The van der Waals surface area contributed by atoms with Gasteiger partial charge in [0.15, 0.2) is 0 Å². The SMILES string of the molecule is O=C(Cc1ccoc1)NC1CCN(S(=O)(=O)C2CC2)CC1. The third-order valence-corrected chi connectivity index (χ3v) is 6.47. The molecule has 0 unspecified atom stereocenters. The number of nitrogens with zero attached hydrogens (tertiary/aromatic N) is 1. The van der Waals surface area contributed by atoms with Gasteiger partial charge in [0.1, 0.15) is 0 Å². The predicted octanol–water partition coefficient (Wildman–Crippen LogP) is 0.895. The summed E-state index contributed by atoms with van der Waals surface area (Å²) in [4.78, 5) is 11.9. The fourth-order valence-corrected chi connectivity index (χ4v) is 4.56. The highest BCUT2D eigenvalue weighted by molar-refractivity contribution is 7.90. The summed E-state index contributed by atoms with van der Waals surface area (Å²) in [6, 6.07) is 1.83. The minimum atomic E-state index is -3.07. The first-order valence-electron chi connectivity index (χ1n) is 7.35. The van der Waals surface area contributed by atoms with Crippen molar-refractivity contribution >= 4 is 15.9 Å². The fourth-order valence-electron chi connectivity index (χ4n) is 2.69. The van der Waals surface area contributed by atoms with E-state index in [1.807, 2.05) is 0 Å². The molecule has 1 aliphatic carbocycles. The summed E-state index contributed by atoms with van der Waals surface area (Å²) in [6.07, 6.45) is 6.37. The van der Waals surface area contributed by atoms with Crippen molar-refractivity contribution in [1.82, 2.24) is 9.62 Å². The first-order valence-corrected chi connectivity index (χ1v) is 8.85. The molecule has 6 nitrogen and oxygen atoms in total. The van der Waals surface area contributed by atoms with Crippen molar-refractivity contribution in [3.8, 4) is 0 Å². The van der Waals surface area contributed by atoms with Crippen LogP contribution in [0.3, 0.4) is 0 Å². The topological polar surface area (TPSA) is 79.6 Å². The Morgan fingerprint density at radius 1 is 1.29 bits per heavy atom. The molecule has 2 heterocycles. The molecule has 0 bridgehead atoms. The average Bonchev–Trinajstić information content (AvgIpc) is 3.20. The molecule has 1 aliphatic heterocycles. The predicted molar refractivity (Wildman–Crippen MR) is 77.1 cm³/mol. The van der Waals surface area contributed by atoms with Crippen LogP contribution in [-0.4, -0.2) is 43.0 Å². The Labute approximate surface area is 124 Å². The number of piperidine rings is 1. The molecule has 0 spiro atoms. The highest BCUT2D eigenvalue weighted by Crippen LogP contribution is 2.32. The second-order valence-electron chi connectivity index (χ2n) is 5.79. The number of hydrogen-bond acceptors (Lipinski definition) is 4. The molecular formula is C14H20N2O4S. The van der Waals surface area contributed by atoms with E-state index >= 15 is 0 Å². The lowest BCUT2D eigenvalue weighted by molar-refractivity contribution is -0.121. The maximum atomic E-state index is 12.1. The number of carbonyl (C=O) groups is 1. The van der Waals surface area contributed by atoms with Gasteiger partial charge in [0.25, 0.3) is 0 Å². The highest BCUT2D eigenvalue weighted by atomic mass is 32.2. The monoisotopic (exact) mass is 312 g/mol. The van der Waals surface area contributed by atoms with Gasteiger partial charge in [0.05, 0.1) is 24.2 Å². The number of amides is 1. The third kappa shape index (κ3) is 3.47. The first kappa shape index (κ1) is 14.6. The zero-order valence-electron chi connectivity index (χ0n) is 11.8. The molecular weight excluding hydrogens is 292 g/mol. The standard InChI is InChI=1S/C14H20N2O4S/c17-14(9-11-5-8-20-10-11)15-12-3-6-16(7-4-12)21(18,19)13-1-2-13/h5,8,10,12-13H,1-4,6-7,9H2,(H,15,17). The van der Waals surface area contributed by atoms with Crippen LogP contribution in [-0.2, 0) is 21.2 Å². The number of carbonyl (C=O) groups excluding carboxylic acids is 1. The van der Waals surface area contributed by atoms with Gasteiger partial charge in [-0.2, -0.15) is 0 Å². The highest BCUT2D eigenvalue weighted by Gasteiger charge is 2.41. The summed E-state index contributed by atoms with van der Waals surface area (Å²) in [5.74, 6) is -0.0418. The molecule has 3 rings (SSSR count). The molecule has 21 heavy (non-hydrogen) atoms. The summed E-state index contributed by atoms with van der Waals surface area (Å²) >= 11 is 0. The maximum absolute atomic E-state index is 12.1. The zero-order chi connectivity index (χ0) is 14.9. The van der Waals surface area contributed by atoms with E-state index in [0.717, 1.165) is 18.4 Å². The lowest BCUT2D eigenvalue weighted by atomic mass is 10.1. The van der Waals surface area contributed by atoms with Crippen molar-refractivity contribution < 1.29 is 17.6 Å². The number of sulfonamides is 1. The van der Waals surface area contributed by atoms with Crippen molar-refractivity contribution in [2.45, 2.75) is 43.4 Å². The average molecular weight is 312 g/mol. The van der Waals surface area contributed by atoms with Crippen LogP contribution in [0.15, 0.2) is 23.0 Å². The second kappa shape index (κ2) is 5.81. The molecule has 1 aromatic rings.